The molecule has 3 rings (SSSR count). The third-order valence-electron chi connectivity index (χ3n) is 3.64. The molecule has 0 nitrogen and oxygen atoms in total. The molecular weight excluding hydrogens is 254 g/mol. The second-order valence-electron chi connectivity index (χ2n) is 4.72. The van der Waals surface area contributed by atoms with Crippen molar-refractivity contribution in [3.8, 4) is 0 Å². The molecule has 1 atom stereocenters. The van der Waals surface area contributed by atoms with Gasteiger partial charge in [-0.25, -0.2) is 0 Å². The summed E-state index contributed by atoms with van der Waals surface area (Å²) in [4.78, 5) is 0. The zero-order valence-corrected chi connectivity index (χ0v) is 12.1. The van der Waals surface area contributed by atoms with E-state index >= 15 is 0 Å². The van der Waals surface area contributed by atoms with Gasteiger partial charge in [0, 0.05) is 0 Å². The van der Waals surface area contributed by atoms with E-state index in [1.54, 1.807) is 0 Å². The molecule has 2 heteroatoms. The predicted molar refractivity (Wildman–Crippen MR) is 82.5 cm³/mol. The fourth-order valence-corrected chi connectivity index (χ4v) is 3.81. The van der Waals surface area contributed by atoms with Crippen molar-refractivity contribution in [2.45, 2.75) is 25.2 Å². The van der Waals surface area contributed by atoms with Crippen molar-refractivity contribution in [3.05, 3.63) is 64.7 Å². The highest BCUT2D eigenvalue weighted by atomic mass is 31.0. The Bertz CT molecular complexity index is 532. The summed E-state index contributed by atoms with van der Waals surface area (Å²) in [5, 5.41) is 0. The van der Waals surface area contributed by atoms with Crippen molar-refractivity contribution in [2.24, 2.45) is 0 Å². The van der Waals surface area contributed by atoms with Gasteiger partial charge >= 0.3 is 0 Å². The Balaban J connectivity index is 1.76. The van der Waals surface area contributed by atoms with Gasteiger partial charge in [0.05, 0.1) is 0 Å². The van der Waals surface area contributed by atoms with Gasteiger partial charge in [-0.1, -0.05) is 46.7 Å². The van der Waals surface area contributed by atoms with E-state index in [-0.39, 0.29) is 0 Å². The summed E-state index contributed by atoms with van der Waals surface area (Å²) in [5.41, 5.74) is 4.48. The van der Waals surface area contributed by atoms with Crippen LogP contribution < -0.4 is 0 Å². The lowest BCUT2D eigenvalue weighted by molar-refractivity contribution is 0.626. The first kappa shape index (κ1) is 12.1. The van der Waals surface area contributed by atoms with Gasteiger partial charge in [0.15, 0.2) is 0 Å². The highest BCUT2D eigenvalue weighted by Gasteiger charge is 2.16. The van der Waals surface area contributed by atoms with E-state index in [4.69, 9.17) is 0 Å². The zero-order valence-electron chi connectivity index (χ0n) is 10.3. The van der Waals surface area contributed by atoms with Gasteiger partial charge in [-0.3, -0.25) is 0 Å². The van der Waals surface area contributed by atoms with Crippen molar-refractivity contribution in [3.63, 3.8) is 0 Å². The summed E-state index contributed by atoms with van der Waals surface area (Å²) >= 11 is 0. The van der Waals surface area contributed by atoms with E-state index in [1.807, 2.05) is 0 Å². The molecule has 0 N–H and O–H groups in total. The average Bonchev–Trinajstić information content (AvgIpc) is 2.49. The molecule has 18 heavy (non-hydrogen) atoms. The predicted octanol–water partition coefficient (Wildman–Crippen LogP) is 6.20. The first-order chi connectivity index (χ1) is 8.93. The molecule has 1 aliphatic rings. The van der Waals surface area contributed by atoms with Crippen LogP contribution in [0.3, 0.4) is 0 Å². The summed E-state index contributed by atoms with van der Waals surface area (Å²) < 4.78 is 0. The van der Waals surface area contributed by atoms with E-state index in [2.05, 4.69) is 53.5 Å². The van der Waals surface area contributed by atoms with Crippen LogP contribution in [0.15, 0.2) is 53.5 Å². The van der Waals surface area contributed by atoms with E-state index in [9.17, 15) is 0 Å². The normalized spacial score (nSPS) is 19.3. The lowest BCUT2D eigenvalue weighted by Crippen LogP contribution is -2.03. The summed E-state index contributed by atoms with van der Waals surface area (Å²) in [7, 11) is 2.63. The van der Waals surface area contributed by atoms with Crippen LogP contribution in [0.5, 0.6) is 0 Å². The zero-order chi connectivity index (χ0) is 12.2. The molecule has 0 radical (unpaired) electrons. The van der Waals surface area contributed by atoms with Gasteiger partial charge in [-0.15, -0.1) is 0 Å². The first-order valence-electron chi connectivity index (χ1n) is 6.43. The van der Waals surface area contributed by atoms with Crippen LogP contribution in [0.1, 0.15) is 36.3 Å². The van der Waals surface area contributed by atoms with Crippen molar-refractivity contribution in [1.82, 2.24) is 0 Å². The maximum Gasteiger partial charge on any atom is -0.0124 e. The van der Waals surface area contributed by atoms with Crippen LogP contribution in [0.2, 0.25) is 0 Å². The molecule has 2 aromatic heterocycles. The molecule has 0 aliphatic heterocycles. The summed E-state index contributed by atoms with van der Waals surface area (Å²) in [6.45, 7) is 0. The molecule has 0 spiro atoms. The van der Waals surface area contributed by atoms with Gasteiger partial charge in [-0.05, 0) is 65.1 Å². The minimum atomic E-state index is 0.729. The number of rotatable bonds is 2. The van der Waals surface area contributed by atoms with E-state index < -0.39 is 0 Å². The van der Waals surface area contributed by atoms with Crippen molar-refractivity contribution in [2.75, 3.05) is 0 Å². The van der Waals surface area contributed by atoms with Gasteiger partial charge in [0.2, 0.25) is 0 Å². The third-order valence-corrected chi connectivity index (χ3v) is 4.92. The molecule has 90 valence electrons. The lowest BCUT2D eigenvalue weighted by Gasteiger charge is -2.22. The van der Waals surface area contributed by atoms with Gasteiger partial charge in [0.1, 0.15) is 0 Å². The van der Waals surface area contributed by atoms with Gasteiger partial charge in [-0.2, -0.15) is 0 Å². The molecule has 2 heterocycles. The Morgan fingerprint density at radius 1 is 0.889 bits per heavy atom. The second kappa shape index (κ2) is 5.79. The summed E-state index contributed by atoms with van der Waals surface area (Å²) in [5.74, 6) is 9.67. The Morgan fingerprint density at radius 3 is 2.17 bits per heavy atom. The Morgan fingerprint density at radius 2 is 1.56 bits per heavy atom. The van der Waals surface area contributed by atoms with E-state index in [1.165, 1.54) is 52.3 Å². The maximum atomic E-state index is 2.45. The quantitative estimate of drug-likeness (QED) is 0.609. The topological polar surface area (TPSA) is 0 Å². The summed E-state index contributed by atoms with van der Waals surface area (Å²) in [6, 6.07) is 9.13. The second-order valence-corrected chi connectivity index (χ2v) is 6.51. The van der Waals surface area contributed by atoms with Crippen LogP contribution in [0.4, 0.5) is 0 Å². The Kier molecular flexibility index (Phi) is 3.89. The molecule has 0 bridgehead atoms. The molecule has 0 aromatic carbocycles. The first-order valence-corrected chi connectivity index (χ1v) is 8.49. The maximum absolute atomic E-state index is 2.45. The fraction of sp³-hybridized carbons (Fsp3) is 0.250. The largest absolute Gasteiger partial charge is 0.0801 e. The van der Waals surface area contributed by atoms with Crippen LogP contribution in [0.25, 0.3) is 5.57 Å². The SMILES string of the molecule is C1=C(c2ccpcc2)CCC(c2ccpcc2)C1. The Hall–Kier alpha value is -0.960. The molecule has 1 unspecified atom stereocenters. The summed E-state index contributed by atoms with van der Waals surface area (Å²) in [6.07, 6.45) is 6.14. The minimum absolute atomic E-state index is 0.729. The minimum Gasteiger partial charge on any atom is -0.0801 e. The van der Waals surface area contributed by atoms with Crippen LogP contribution in [-0.2, 0) is 0 Å². The van der Waals surface area contributed by atoms with E-state index in [0.717, 1.165) is 5.92 Å². The highest BCUT2D eigenvalue weighted by Crippen LogP contribution is 2.36. The average molecular weight is 270 g/mol. The smallest absolute Gasteiger partial charge is 0.0124 e. The van der Waals surface area contributed by atoms with Crippen molar-refractivity contribution in [1.29, 1.82) is 0 Å². The molecule has 0 saturated heterocycles. The number of hydrogen-bond donors (Lipinski definition) is 0. The van der Waals surface area contributed by atoms with Gasteiger partial charge in [0.25, 0.3) is 0 Å². The van der Waals surface area contributed by atoms with Crippen molar-refractivity contribution >= 4 is 22.0 Å². The van der Waals surface area contributed by atoms with Crippen molar-refractivity contribution < 1.29 is 0 Å². The van der Waals surface area contributed by atoms with Crippen LogP contribution >= 0.6 is 16.4 Å². The molecule has 0 saturated carbocycles. The van der Waals surface area contributed by atoms with Crippen LogP contribution in [0, 0.1) is 0 Å². The molecular formula is C16H16P2. The lowest BCUT2D eigenvalue weighted by atomic mass is 9.83. The molecule has 1 aliphatic carbocycles. The standard InChI is InChI=1S/C16H16P2/c1-2-14(16-7-11-18-12-8-16)4-3-13(1)15-5-9-17-10-6-15/h1,5-12,14H,2-4H2. The van der Waals surface area contributed by atoms with E-state index in [0.29, 0.717) is 0 Å². The molecule has 2 aromatic rings. The van der Waals surface area contributed by atoms with Crippen LogP contribution in [-0.4, -0.2) is 0 Å². The molecule has 0 amide bonds. The highest BCUT2D eigenvalue weighted by molar-refractivity contribution is 7.28. The number of allylic oxidation sites excluding steroid dienone is 2. The fourth-order valence-electron chi connectivity index (χ4n) is 2.60. The monoisotopic (exact) mass is 270 g/mol. The molecule has 0 fully saturated rings. The Labute approximate surface area is 112 Å². The van der Waals surface area contributed by atoms with Gasteiger partial charge < -0.3 is 0 Å². The third kappa shape index (κ3) is 2.72. The number of hydrogen-bond acceptors (Lipinski definition) is 0.